The molecule has 0 aliphatic carbocycles. The summed E-state index contributed by atoms with van der Waals surface area (Å²) < 4.78 is 18.2. The molecule has 2 N–H and O–H groups in total. The second-order valence-electron chi connectivity index (χ2n) is 5.02. The Morgan fingerprint density at radius 1 is 1.04 bits per heavy atom. The molecule has 2 rings (SSSR count). The zero-order valence-electron chi connectivity index (χ0n) is 13.1. The van der Waals surface area contributed by atoms with Crippen molar-refractivity contribution in [3.05, 3.63) is 65.5 Å². The molecule has 122 valence electrons. The van der Waals surface area contributed by atoms with E-state index in [9.17, 15) is 9.18 Å². The molecule has 0 saturated heterocycles. The Kier molecular flexibility index (Phi) is 6.56. The van der Waals surface area contributed by atoms with Crippen molar-refractivity contribution in [3.8, 4) is 5.75 Å². The van der Waals surface area contributed by atoms with Crippen molar-refractivity contribution >= 4 is 5.91 Å². The number of carbonyl (C=O) groups is 1. The number of hydrogen-bond donors (Lipinski definition) is 2. The van der Waals surface area contributed by atoms with Crippen LogP contribution in [-0.4, -0.2) is 25.6 Å². The quantitative estimate of drug-likeness (QED) is 0.736. The summed E-state index contributed by atoms with van der Waals surface area (Å²) in [5.41, 5.74) is 1.61. The van der Waals surface area contributed by atoms with Crippen LogP contribution in [0.2, 0.25) is 0 Å². The molecular weight excluding hydrogens is 295 g/mol. The highest BCUT2D eigenvalue weighted by atomic mass is 19.1. The van der Waals surface area contributed by atoms with E-state index in [4.69, 9.17) is 4.74 Å². The number of hydrogen-bond acceptors (Lipinski definition) is 3. The number of rotatable bonds is 8. The molecule has 0 bridgehead atoms. The standard InChI is InChI=1S/C18H21FN2O2/c1-2-23-17-9-3-14(4-10-17)13-20-11-12-21-18(22)15-5-7-16(19)8-6-15/h3-10,20H,2,11-13H2,1H3,(H,21,22). The van der Waals surface area contributed by atoms with E-state index in [0.717, 1.165) is 17.9 Å². The number of benzene rings is 2. The van der Waals surface area contributed by atoms with Gasteiger partial charge in [-0.3, -0.25) is 4.79 Å². The van der Waals surface area contributed by atoms with Gasteiger partial charge in [-0.25, -0.2) is 4.39 Å². The molecule has 23 heavy (non-hydrogen) atoms. The number of ether oxygens (including phenoxy) is 1. The SMILES string of the molecule is CCOc1ccc(CNCCNC(=O)c2ccc(F)cc2)cc1. The zero-order chi connectivity index (χ0) is 16.5. The van der Waals surface area contributed by atoms with Gasteiger partial charge >= 0.3 is 0 Å². The monoisotopic (exact) mass is 316 g/mol. The van der Waals surface area contributed by atoms with Crippen molar-refractivity contribution in [2.75, 3.05) is 19.7 Å². The minimum absolute atomic E-state index is 0.201. The van der Waals surface area contributed by atoms with Crippen LogP contribution in [0.3, 0.4) is 0 Å². The number of amides is 1. The molecule has 0 spiro atoms. The van der Waals surface area contributed by atoms with E-state index in [-0.39, 0.29) is 11.7 Å². The van der Waals surface area contributed by atoms with E-state index < -0.39 is 0 Å². The van der Waals surface area contributed by atoms with Crippen LogP contribution in [0.25, 0.3) is 0 Å². The highest BCUT2D eigenvalue weighted by Crippen LogP contribution is 2.11. The Morgan fingerprint density at radius 3 is 2.39 bits per heavy atom. The van der Waals surface area contributed by atoms with Crippen LogP contribution in [0.4, 0.5) is 4.39 Å². The average molecular weight is 316 g/mol. The van der Waals surface area contributed by atoms with Crippen LogP contribution in [0, 0.1) is 5.82 Å². The van der Waals surface area contributed by atoms with Crippen LogP contribution < -0.4 is 15.4 Å². The smallest absolute Gasteiger partial charge is 0.251 e. The van der Waals surface area contributed by atoms with Gasteiger partial charge in [0.25, 0.3) is 5.91 Å². The zero-order valence-corrected chi connectivity index (χ0v) is 13.1. The van der Waals surface area contributed by atoms with Gasteiger partial charge in [-0.15, -0.1) is 0 Å². The number of halogens is 1. The van der Waals surface area contributed by atoms with E-state index in [0.29, 0.717) is 25.3 Å². The first-order valence-electron chi connectivity index (χ1n) is 7.65. The van der Waals surface area contributed by atoms with Crippen molar-refractivity contribution in [2.24, 2.45) is 0 Å². The predicted molar refractivity (Wildman–Crippen MR) is 88.1 cm³/mol. The normalized spacial score (nSPS) is 10.3. The third-order valence-corrected chi connectivity index (χ3v) is 3.26. The predicted octanol–water partition coefficient (Wildman–Crippen LogP) is 2.74. The maximum atomic E-state index is 12.8. The lowest BCUT2D eigenvalue weighted by molar-refractivity contribution is 0.0954. The van der Waals surface area contributed by atoms with Crippen LogP contribution in [0.5, 0.6) is 5.75 Å². The molecule has 0 unspecified atom stereocenters. The topological polar surface area (TPSA) is 50.4 Å². The molecule has 2 aromatic rings. The summed E-state index contributed by atoms with van der Waals surface area (Å²) in [5, 5.41) is 6.04. The van der Waals surface area contributed by atoms with Crippen molar-refractivity contribution < 1.29 is 13.9 Å². The largest absolute Gasteiger partial charge is 0.494 e. The third kappa shape index (κ3) is 5.71. The Balaban J connectivity index is 1.65. The van der Waals surface area contributed by atoms with E-state index in [1.54, 1.807) is 0 Å². The van der Waals surface area contributed by atoms with Gasteiger partial charge < -0.3 is 15.4 Å². The maximum absolute atomic E-state index is 12.8. The molecule has 0 aliphatic heterocycles. The summed E-state index contributed by atoms with van der Waals surface area (Å²) >= 11 is 0. The van der Waals surface area contributed by atoms with Crippen LogP contribution in [0.15, 0.2) is 48.5 Å². The van der Waals surface area contributed by atoms with Crippen LogP contribution in [-0.2, 0) is 6.54 Å². The van der Waals surface area contributed by atoms with Gasteiger partial charge in [-0.2, -0.15) is 0 Å². The second-order valence-corrected chi connectivity index (χ2v) is 5.02. The summed E-state index contributed by atoms with van der Waals surface area (Å²) in [5.74, 6) is 0.314. The van der Waals surface area contributed by atoms with Gasteiger partial charge in [0.2, 0.25) is 0 Å². The van der Waals surface area contributed by atoms with Crippen molar-refractivity contribution in [2.45, 2.75) is 13.5 Å². The summed E-state index contributed by atoms with van der Waals surface area (Å²) in [6.45, 7) is 4.49. The van der Waals surface area contributed by atoms with E-state index in [1.165, 1.54) is 24.3 Å². The Bertz CT molecular complexity index is 612. The summed E-state index contributed by atoms with van der Waals surface area (Å²) in [7, 11) is 0. The Labute approximate surface area is 135 Å². The molecule has 0 heterocycles. The van der Waals surface area contributed by atoms with Crippen molar-refractivity contribution in [3.63, 3.8) is 0 Å². The summed E-state index contributed by atoms with van der Waals surface area (Å²) in [6.07, 6.45) is 0. The van der Waals surface area contributed by atoms with Crippen molar-refractivity contribution in [1.29, 1.82) is 0 Å². The first-order chi connectivity index (χ1) is 11.2. The van der Waals surface area contributed by atoms with Gasteiger partial charge in [0, 0.05) is 25.2 Å². The van der Waals surface area contributed by atoms with Crippen LogP contribution >= 0.6 is 0 Å². The molecule has 0 radical (unpaired) electrons. The minimum atomic E-state index is -0.349. The lowest BCUT2D eigenvalue weighted by atomic mass is 10.2. The Morgan fingerprint density at radius 2 is 1.74 bits per heavy atom. The molecule has 0 atom stereocenters. The van der Waals surface area contributed by atoms with Crippen molar-refractivity contribution in [1.82, 2.24) is 10.6 Å². The van der Waals surface area contributed by atoms with E-state index in [2.05, 4.69) is 10.6 Å². The molecule has 1 amide bonds. The fraction of sp³-hybridized carbons (Fsp3) is 0.278. The summed E-state index contributed by atoms with van der Waals surface area (Å²) in [6, 6.07) is 13.4. The second kappa shape index (κ2) is 8.90. The highest BCUT2D eigenvalue weighted by Gasteiger charge is 2.04. The fourth-order valence-corrected chi connectivity index (χ4v) is 2.07. The Hall–Kier alpha value is -2.40. The number of carbonyl (C=O) groups excluding carboxylic acids is 1. The highest BCUT2D eigenvalue weighted by molar-refractivity contribution is 5.94. The average Bonchev–Trinajstić information content (AvgIpc) is 2.57. The van der Waals surface area contributed by atoms with Gasteiger partial charge in [-0.05, 0) is 48.9 Å². The van der Waals surface area contributed by atoms with E-state index in [1.807, 2.05) is 31.2 Å². The molecule has 0 aromatic heterocycles. The van der Waals surface area contributed by atoms with Gasteiger partial charge in [0.15, 0.2) is 0 Å². The third-order valence-electron chi connectivity index (χ3n) is 3.26. The first-order valence-corrected chi connectivity index (χ1v) is 7.65. The first kappa shape index (κ1) is 17.0. The van der Waals surface area contributed by atoms with Crippen LogP contribution in [0.1, 0.15) is 22.8 Å². The maximum Gasteiger partial charge on any atom is 0.251 e. The van der Waals surface area contributed by atoms with Gasteiger partial charge in [0.1, 0.15) is 11.6 Å². The lowest BCUT2D eigenvalue weighted by Gasteiger charge is -2.08. The number of nitrogens with one attached hydrogen (secondary N) is 2. The molecule has 0 fully saturated rings. The van der Waals surface area contributed by atoms with E-state index >= 15 is 0 Å². The lowest BCUT2D eigenvalue weighted by Crippen LogP contribution is -2.31. The molecule has 5 heteroatoms. The molecular formula is C18H21FN2O2. The fourth-order valence-electron chi connectivity index (χ4n) is 2.07. The van der Waals surface area contributed by atoms with Gasteiger partial charge in [-0.1, -0.05) is 12.1 Å². The minimum Gasteiger partial charge on any atom is -0.494 e. The molecule has 2 aromatic carbocycles. The molecule has 0 aliphatic rings. The molecule has 0 saturated carbocycles. The molecule has 4 nitrogen and oxygen atoms in total. The van der Waals surface area contributed by atoms with Gasteiger partial charge in [0.05, 0.1) is 6.61 Å². The summed E-state index contributed by atoms with van der Waals surface area (Å²) in [4.78, 5) is 11.8.